The third kappa shape index (κ3) is 5.92. The summed E-state index contributed by atoms with van der Waals surface area (Å²) in [5.74, 6) is 0. The summed E-state index contributed by atoms with van der Waals surface area (Å²) in [6, 6.07) is 18.2. The molecule has 0 saturated carbocycles. The molecule has 0 spiro atoms. The normalized spacial score (nSPS) is 12.5. The molecule has 0 radical (unpaired) electrons. The Labute approximate surface area is 193 Å². The van der Waals surface area contributed by atoms with Crippen LogP contribution >= 0.6 is 11.8 Å². The van der Waals surface area contributed by atoms with Crippen molar-refractivity contribution < 1.29 is 21.4 Å². The Morgan fingerprint density at radius 1 is 0.812 bits per heavy atom. The summed E-state index contributed by atoms with van der Waals surface area (Å²) in [5.41, 5.74) is 1.85. The monoisotopic (exact) mass is 491 g/mol. The van der Waals surface area contributed by atoms with Gasteiger partial charge in [-0.05, 0) is 60.4 Å². The lowest BCUT2D eigenvalue weighted by atomic mass is 9.87. The molecule has 0 bridgehead atoms. The molecule has 0 aliphatic heterocycles. The molecule has 9 heteroatoms. The van der Waals surface area contributed by atoms with E-state index in [0.29, 0.717) is 4.90 Å². The van der Waals surface area contributed by atoms with Gasteiger partial charge in [0, 0.05) is 9.79 Å². The van der Waals surface area contributed by atoms with Crippen LogP contribution in [-0.2, 0) is 25.6 Å². The lowest BCUT2D eigenvalue weighted by Gasteiger charge is -2.19. The largest absolute Gasteiger partial charge is 0.296 e. The second-order valence-electron chi connectivity index (χ2n) is 8.43. The van der Waals surface area contributed by atoms with Gasteiger partial charge >= 0.3 is 0 Å². The second kappa shape index (κ2) is 8.90. The van der Waals surface area contributed by atoms with Crippen molar-refractivity contribution in [3.8, 4) is 0 Å². The molecule has 0 unspecified atom stereocenters. The number of sulfonamides is 1. The molecule has 2 N–H and O–H groups in total. The Morgan fingerprint density at radius 2 is 1.38 bits per heavy atom. The van der Waals surface area contributed by atoms with Gasteiger partial charge in [0.25, 0.3) is 20.1 Å². The molecule has 0 amide bonds. The van der Waals surface area contributed by atoms with Crippen LogP contribution in [0.15, 0.2) is 86.3 Å². The highest BCUT2D eigenvalue weighted by Crippen LogP contribution is 2.34. The number of nitrogens with one attached hydrogen (secondary N) is 1. The molecule has 3 aromatic carbocycles. The van der Waals surface area contributed by atoms with E-state index in [1.807, 2.05) is 31.2 Å². The highest BCUT2D eigenvalue weighted by atomic mass is 32.2. The van der Waals surface area contributed by atoms with E-state index >= 15 is 0 Å². The molecule has 0 atom stereocenters. The molecule has 3 aromatic rings. The van der Waals surface area contributed by atoms with Crippen molar-refractivity contribution in [3.05, 3.63) is 77.9 Å². The minimum Gasteiger partial charge on any atom is -0.282 e. The maximum atomic E-state index is 12.7. The molecular weight excluding hydrogens is 466 g/mol. The van der Waals surface area contributed by atoms with Gasteiger partial charge < -0.3 is 0 Å². The Hall–Kier alpha value is -2.33. The number of hydrogen-bond acceptors (Lipinski definition) is 5. The Kier molecular flexibility index (Phi) is 6.76. The third-order valence-corrected chi connectivity index (χ3v) is 8.04. The van der Waals surface area contributed by atoms with Gasteiger partial charge in [-0.15, -0.1) is 0 Å². The van der Waals surface area contributed by atoms with Gasteiger partial charge in [-0.25, -0.2) is 8.42 Å². The molecule has 0 saturated heterocycles. The molecule has 6 nitrogen and oxygen atoms in total. The van der Waals surface area contributed by atoms with Crippen LogP contribution in [0.3, 0.4) is 0 Å². The number of benzene rings is 3. The predicted molar refractivity (Wildman–Crippen MR) is 128 cm³/mol. The number of aryl methyl sites for hydroxylation is 1. The van der Waals surface area contributed by atoms with Crippen molar-refractivity contribution in [2.75, 3.05) is 4.72 Å². The van der Waals surface area contributed by atoms with Gasteiger partial charge in [0.05, 0.1) is 10.6 Å². The smallest absolute Gasteiger partial charge is 0.282 e. The molecule has 0 fully saturated rings. The molecule has 0 aliphatic rings. The maximum Gasteiger partial charge on any atom is 0.296 e. The van der Waals surface area contributed by atoms with E-state index in [2.05, 4.69) is 25.5 Å². The van der Waals surface area contributed by atoms with E-state index in [1.54, 1.807) is 18.2 Å². The summed E-state index contributed by atoms with van der Waals surface area (Å²) in [6.07, 6.45) is 0. The highest BCUT2D eigenvalue weighted by molar-refractivity contribution is 7.99. The summed E-state index contributed by atoms with van der Waals surface area (Å²) in [7, 11) is -8.71. The van der Waals surface area contributed by atoms with Gasteiger partial charge in [0.15, 0.2) is 0 Å². The zero-order valence-corrected chi connectivity index (χ0v) is 20.6. The van der Waals surface area contributed by atoms with Gasteiger partial charge in [-0.3, -0.25) is 9.27 Å². The van der Waals surface area contributed by atoms with Crippen LogP contribution in [0.2, 0.25) is 0 Å². The van der Waals surface area contributed by atoms with E-state index in [0.717, 1.165) is 10.5 Å². The summed E-state index contributed by atoms with van der Waals surface area (Å²) in [4.78, 5) is 0.901. The van der Waals surface area contributed by atoms with Crippen LogP contribution in [0.5, 0.6) is 0 Å². The SMILES string of the molecule is Cc1ccc(S(=O)(=O)Nc2ccc(Sc3ccc(C(C)(C)C)cc3)cc2S(=O)(=O)O)cc1. The molecule has 170 valence electrons. The van der Waals surface area contributed by atoms with Crippen LogP contribution < -0.4 is 4.72 Å². The van der Waals surface area contributed by atoms with Gasteiger partial charge in [0.1, 0.15) is 4.90 Å². The topological polar surface area (TPSA) is 101 Å². The maximum absolute atomic E-state index is 12.7. The van der Waals surface area contributed by atoms with Crippen molar-refractivity contribution in [1.82, 2.24) is 0 Å². The Bertz CT molecular complexity index is 1320. The average molecular weight is 492 g/mol. The van der Waals surface area contributed by atoms with E-state index in [-0.39, 0.29) is 16.0 Å². The van der Waals surface area contributed by atoms with Crippen molar-refractivity contribution in [2.24, 2.45) is 0 Å². The van der Waals surface area contributed by atoms with Crippen LogP contribution in [0.1, 0.15) is 31.9 Å². The van der Waals surface area contributed by atoms with E-state index in [1.165, 1.54) is 41.6 Å². The Morgan fingerprint density at radius 3 is 1.91 bits per heavy atom. The number of hydrogen-bond donors (Lipinski definition) is 2. The Balaban J connectivity index is 1.92. The molecule has 32 heavy (non-hydrogen) atoms. The van der Waals surface area contributed by atoms with E-state index in [4.69, 9.17) is 0 Å². The molecule has 3 rings (SSSR count). The zero-order chi connectivity index (χ0) is 23.7. The first-order chi connectivity index (χ1) is 14.8. The fourth-order valence-electron chi connectivity index (χ4n) is 2.94. The first kappa shape index (κ1) is 24.3. The van der Waals surface area contributed by atoms with Crippen molar-refractivity contribution in [1.29, 1.82) is 0 Å². The van der Waals surface area contributed by atoms with Crippen molar-refractivity contribution in [3.63, 3.8) is 0 Å². The lowest BCUT2D eigenvalue weighted by molar-refractivity contribution is 0.483. The van der Waals surface area contributed by atoms with E-state index in [9.17, 15) is 21.4 Å². The van der Waals surface area contributed by atoms with Gasteiger partial charge in [-0.1, -0.05) is 62.4 Å². The quantitative estimate of drug-likeness (QED) is 0.442. The van der Waals surface area contributed by atoms with Gasteiger partial charge in [-0.2, -0.15) is 8.42 Å². The van der Waals surface area contributed by atoms with Crippen LogP contribution in [0, 0.1) is 6.92 Å². The third-order valence-electron chi connectivity index (χ3n) is 4.76. The molecule has 0 aromatic heterocycles. The summed E-state index contributed by atoms with van der Waals surface area (Å²) >= 11 is 1.31. The first-order valence-corrected chi connectivity index (χ1v) is 13.5. The van der Waals surface area contributed by atoms with Crippen LogP contribution in [0.4, 0.5) is 5.69 Å². The summed E-state index contributed by atoms with van der Waals surface area (Å²) in [5, 5.41) is 0. The molecular formula is C23H25NO5S3. The number of anilines is 1. The minimum atomic E-state index is -4.68. The lowest BCUT2D eigenvalue weighted by Crippen LogP contribution is -2.15. The van der Waals surface area contributed by atoms with E-state index < -0.39 is 25.0 Å². The highest BCUT2D eigenvalue weighted by Gasteiger charge is 2.22. The number of rotatable bonds is 6. The predicted octanol–water partition coefficient (Wildman–Crippen LogP) is 5.49. The van der Waals surface area contributed by atoms with Crippen molar-refractivity contribution in [2.45, 2.75) is 52.7 Å². The summed E-state index contributed by atoms with van der Waals surface area (Å²) < 4.78 is 61.3. The second-order valence-corrected chi connectivity index (χ2v) is 12.6. The molecule has 0 heterocycles. The summed E-state index contributed by atoms with van der Waals surface area (Å²) in [6.45, 7) is 8.17. The fourth-order valence-corrected chi connectivity index (χ4v) is 5.69. The zero-order valence-electron chi connectivity index (χ0n) is 18.2. The standard InChI is InChI=1S/C23H25NO5S3/c1-16-5-12-20(13-6-16)31(25,26)24-21-14-11-19(15-22(21)32(27,28)29)30-18-9-7-17(8-10-18)23(2,3)4/h5-15,24H,1-4H3,(H,27,28,29). The van der Waals surface area contributed by atoms with Crippen LogP contribution in [0.25, 0.3) is 0 Å². The van der Waals surface area contributed by atoms with Crippen LogP contribution in [-0.4, -0.2) is 21.4 Å². The van der Waals surface area contributed by atoms with Gasteiger partial charge in [0.2, 0.25) is 0 Å². The average Bonchev–Trinajstić information content (AvgIpc) is 2.68. The fraction of sp³-hybridized carbons (Fsp3) is 0.217. The molecule has 0 aliphatic carbocycles. The first-order valence-electron chi connectivity index (χ1n) is 9.75. The minimum absolute atomic E-state index is 0.0115. The van der Waals surface area contributed by atoms with Crippen molar-refractivity contribution >= 4 is 37.6 Å².